The maximum absolute atomic E-state index is 11.6. The predicted octanol–water partition coefficient (Wildman–Crippen LogP) is 2.85. The molecule has 0 radical (unpaired) electrons. The fourth-order valence-electron chi connectivity index (χ4n) is 1.70. The van der Waals surface area contributed by atoms with Gasteiger partial charge in [0.1, 0.15) is 0 Å². The second-order valence-corrected chi connectivity index (χ2v) is 5.28. The van der Waals surface area contributed by atoms with Crippen molar-refractivity contribution in [1.82, 2.24) is 0 Å². The van der Waals surface area contributed by atoms with E-state index >= 15 is 0 Å². The van der Waals surface area contributed by atoms with Gasteiger partial charge in [-0.2, -0.15) is 0 Å². The summed E-state index contributed by atoms with van der Waals surface area (Å²) >= 11 is 15.2. The van der Waals surface area contributed by atoms with E-state index in [4.69, 9.17) is 23.2 Å². The highest BCUT2D eigenvalue weighted by molar-refractivity contribution is 9.10. The van der Waals surface area contributed by atoms with Crippen LogP contribution in [0.25, 0.3) is 0 Å². The highest BCUT2D eigenvalue weighted by Crippen LogP contribution is 2.38. The Morgan fingerprint density at radius 3 is 2.62 bits per heavy atom. The van der Waals surface area contributed by atoms with Gasteiger partial charge < -0.3 is 10.0 Å². The highest BCUT2D eigenvalue weighted by atomic mass is 79.9. The molecule has 1 amide bonds. The van der Waals surface area contributed by atoms with Crippen molar-refractivity contribution in [2.24, 2.45) is 0 Å². The Labute approximate surface area is 111 Å². The Bertz CT molecular complexity index is 429. The van der Waals surface area contributed by atoms with Crippen LogP contribution in [0.5, 0.6) is 0 Å². The van der Waals surface area contributed by atoms with E-state index in [-0.39, 0.29) is 18.9 Å². The Morgan fingerprint density at radius 2 is 2.12 bits per heavy atom. The quantitative estimate of drug-likeness (QED) is 0.863. The highest BCUT2D eigenvalue weighted by Gasteiger charge is 2.31. The Kier molecular flexibility index (Phi) is 3.45. The van der Waals surface area contributed by atoms with Gasteiger partial charge in [-0.3, -0.25) is 4.79 Å². The van der Waals surface area contributed by atoms with Crippen LogP contribution in [0.1, 0.15) is 6.42 Å². The van der Waals surface area contributed by atoms with Gasteiger partial charge in [-0.05, 0) is 28.1 Å². The number of halogens is 3. The van der Waals surface area contributed by atoms with Crippen molar-refractivity contribution in [2.45, 2.75) is 12.5 Å². The van der Waals surface area contributed by atoms with Crippen molar-refractivity contribution >= 4 is 50.7 Å². The minimum absolute atomic E-state index is 0.130. The van der Waals surface area contributed by atoms with Crippen LogP contribution in [0.3, 0.4) is 0 Å². The molecule has 1 aromatic carbocycles. The fourth-order valence-corrected chi connectivity index (χ4v) is 3.21. The topological polar surface area (TPSA) is 40.5 Å². The van der Waals surface area contributed by atoms with Crippen LogP contribution < -0.4 is 4.90 Å². The number of carbonyl (C=O) groups is 1. The van der Waals surface area contributed by atoms with Gasteiger partial charge >= 0.3 is 0 Å². The van der Waals surface area contributed by atoms with Gasteiger partial charge in [0, 0.05) is 9.50 Å². The second-order valence-electron chi connectivity index (χ2n) is 3.58. The lowest BCUT2D eigenvalue weighted by molar-refractivity contribution is -0.117. The molecule has 1 heterocycles. The molecule has 1 N–H and O–H groups in total. The van der Waals surface area contributed by atoms with Crippen molar-refractivity contribution in [3.63, 3.8) is 0 Å². The van der Waals surface area contributed by atoms with E-state index in [0.717, 1.165) is 0 Å². The molecule has 1 atom stereocenters. The van der Waals surface area contributed by atoms with E-state index in [9.17, 15) is 9.90 Å². The number of anilines is 1. The molecule has 0 saturated carbocycles. The molecule has 1 aliphatic heterocycles. The standard InChI is InChI=1S/C10H8BrCl2NO2/c11-7-1-5(12)2-8(13)10(7)14-4-6(15)3-9(14)16/h1-2,6,15H,3-4H2. The van der Waals surface area contributed by atoms with Gasteiger partial charge in [0.05, 0.1) is 29.8 Å². The molecule has 3 nitrogen and oxygen atoms in total. The lowest BCUT2D eigenvalue weighted by Gasteiger charge is -2.19. The molecule has 0 aliphatic carbocycles. The zero-order valence-corrected chi connectivity index (χ0v) is 11.2. The molecule has 0 aromatic heterocycles. The summed E-state index contributed by atoms with van der Waals surface area (Å²) in [4.78, 5) is 13.1. The van der Waals surface area contributed by atoms with Gasteiger partial charge in [-0.25, -0.2) is 0 Å². The van der Waals surface area contributed by atoms with Gasteiger partial charge in [0.2, 0.25) is 5.91 Å². The average molecular weight is 325 g/mol. The number of hydrogen-bond donors (Lipinski definition) is 1. The molecule has 1 fully saturated rings. The summed E-state index contributed by atoms with van der Waals surface area (Å²) in [5, 5.41) is 10.3. The van der Waals surface area contributed by atoms with Crippen molar-refractivity contribution in [2.75, 3.05) is 11.4 Å². The molecule has 86 valence electrons. The van der Waals surface area contributed by atoms with Crippen LogP contribution in [-0.2, 0) is 4.79 Å². The van der Waals surface area contributed by atoms with Crippen LogP contribution in [0.2, 0.25) is 10.0 Å². The Balaban J connectivity index is 2.44. The third-order valence-corrected chi connectivity index (χ3v) is 3.47. The molecular formula is C10H8BrCl2NO2. The summed E-state index contributed by atoms with van der Waals surface area (Å²) < 4.78 is 0.646. The van der Waals surface area contributed by atoms with Crippen molar-refractivity contribution in [3.8, 4) is 0 Å². The Hall–Kier alpha value is -0.290. The summed E-state index contributed by atoms with van der Waals surface area (Å²) in [6, 6.07) is 3.24. The largest absolute Gasteiger partial charge is 0.391 e. The molecule has 0 spiro atoms. The zero-order valence-electron chi connectivity index (χ0n) is 8.08. The van der Waals surface area contributed by atoms with E-state index in [1.54, 1.807) is 12.1 Å². The molecule has 1 unspecified atom stereocenters. The minimum atomic E-state index is -0.633. The number of carbonyl (C=O) groups excluding carboxylic acids is 1. The fraction of sp³-hybridized carbons (Fsp3) is 0.300. The summed E-state index contributed by atoms with van der Waals surface area (Å²) in [5.41, 5.74) is 0.563. The average Bonchev–Trinajstić information content (AvgIpc) is 2.43. The number of hydrogen-bond acceptors (Lipinski definition) is 2. The molecule has 1 saturated heterocycles. The monoisotopic (exact) mass is 323 g/mol. The molecule has 6 heteroatoms. The van der Waals surface area contributed by atoms with Gasteiger partial charge in [-0.15, -0.1) is 0 Å². The first-order valence-corrected chi connectivity index (χ1v) is 6.17. The molecule has 2 rings (SSSR count). The van der Waals surface area contributed by atoms with Gasteiger partial charge in [0.25, 0.3) is 0 Å². The van der Waals surface area contributed by atoms with Crippen LogP contribution >= 0.6 is 39.1 Å². The van der Waals surface area contributed by atoms with Crippen LogP contribution in [0.4, 0.5) is 5.69 Å². The lowest BCUT2D eigenvalue weighted by Crippen LogP contribution is -2.25. The molecule has 1 aromatic rings. The molecular weight excluding hydrogens is 317 g/mol. The van der Waals surface area contributed by atoms with Gasteiger partial charge in [-0.1, -0.05) is 23.2 Å². The third-order valence-electron chi connectivity index (χ3n) is 2.36. The SMILES string of the molecule is O=C1CC(O)CN1c1c(Cl)cc(Cl)cc1Br. The number of benzene rings is 1. The third kappa shape index (κ3) is 2.20. The van der Waals surface area contributed by atoms with E-state index in [1.165, 1.54) is 4.90 Å². The van der Waals surface area contributed by atoms with Crippen molar-refractivity contribution in [3.05, 3.63) is 26.7 Å². The van der Waals surface area contributed by atoms with E-state index in [0.29, 0.717) is 20.2 Å². The molecule has 0 bridgehead atoms. The van der Waals surface area contributed by atoms with E-state index in [1.807, 2.05) is 0 Å². The van der Waals surface area contributed by atoms with Crippen LogP contribution in [-0.4, -0.2) is 23.7 Å². The van der Waals surface area contributed by atoms with E-state index in [2.05, 4.69) is 15.9 Å². The summed E-state index contributed by atoms with van der Waals surface area (Å²) in [6.45, 7) is 0.263. The van der Waals surface area contributed by atoms with Crippen LogP contribution in [0.15, 0.2) is 16.6 Å². The van der Waals surface area contributed by atoms with Crippen molar-refractivity contribution in [1.29, 1.82) is 0 Å². The summed E-state index contributed by atoms with van der Waals surface area (Å²) in [7, 11) is 0. The number of amides is 1. The van der Waals surface area contributed by atoms with Crippen molar-refractivity contribution < 1.29 is 9.90 Å². The number of aliphatic hydroxyl groups excluding tert-OH is 1. The second kappa shape index (κ2) is 4.53. The predicted molar refractivity (Wildman–Crippen MR) is 67.1 cm³/mol. The van der Waals surface area contributed by atoms with Crippen LogP contribution in [0, 0.1) is 0 Å². The summed E-state index contributed by atoms with van der Waals surface area (Å²) in [5.74, 6) is -0.141. The first-order valence-electron chi connectivity index (χ1n) is 4.62. The Morgan fingerprint density at radius 1 is 1.44 bits per heavy atom. The van der Waals surface area contributed by atoms with Gasteiger partial charge in [0.15, 0.2) is 0 Å². The number of rotatable bonds is 1. The number of nitrogens with zero attached hydrogens (tertiary/aromatic N) is 1. The number of aliphatic hydroxyl groups is 1. The molecule has 16 heavy (non-hydrogen) atoms. The minimum Gasteiger partial charge on any atom is -0.391 e. The zero-order chi connectivity index (χ0) is 11.9. The lowest BCUT2D eigenvalue weighted by atomic mass is 10.3. The molecule has 1 aliphatic rings. The normalized spacial score (nSPS) is 20.6. The summed E-state index contributed by atoms with van der Waals surface area (Å²) in [6.07, 6.45) is -0.503. The number of β-amino-alcohol motifs (C(OH)–C–C–N with tert-alkyl or cyclic N) is 1. The smallest absolute Gasteiger partial charge is 0.229 e. The maximum Gasteiger partial charge on any atom is 0.229 e. The first kappa shape index (κ1) is 12.2. The van der Waals surface area contributed by atoms with E-state index < -0.39 is 6.10 Å². The first-order chi connectivity index (χ1) is 7.49. The maximum atomic E-state index is 11.6.